The molecule has 0 saturated carbocycles. The molecule has 1 atom stereocenters. The summed E-state index contributed by atoms with van der Waals surface area (Å²) in [5.41, 5.74) is 0. The highest BCUT2D eigenvalue weighted by atomic mass is 35.6. The molecule has 0 bridgehead atoms. The van der Waals surface area contributed by atoms with E-state index in [9.17, 15) is 4.79 Å². The number of nitrogens with one attached hydrogen (secondary N) is 1. The Kier molecular flexibility index (Phi) is 5.74. The first-order valence-corrected chi connectivity index (χ1v) is 6.94. The maximum absolute atomic E-state index is 11.0. The van der Waals surface area contributed by atoms with Gasteiger partial charge in [0.25, 0.3) is 0 Å². The van der Waals surface area contributed by atoms with Gasteiger partial charge in [0.2, 0.25) is 9.70 Å². The van der Waals surface area contributed by atoms with E-state index in [0.717, 1.165) is 4.90 Å². The molecule has 0 radical (unpaired) electrons. The quantitative estimate of drug-likeness (QED) is 0.509. The molecule has 0 spiro atoms. The number of thioether (sulfide) groups is 1. The highest BCUT2D eigenvalue weighted by Crippen LogP contribution is 2.39. The van der Waals surface area contributed by atoms with Crippen LogP contribution < -0.4 is 5.32 Å². The first kappa shape index (κ1) is 15.3. The van der Waals surface area contributed by atoms with E-state index in [4.69, 9.17) is 46.4 Å². The lowest BCUT2D eigenvalue weighted by atomic mass is 10.4. The summed E-state index contributed by atoms with van der Waals surface area (Å²) in [6, 6.07) is 7.04. The number of rotatable bonds is 3. The van der Waals surface area contributed by atoms with Crippen molar-refractivity contribution in [3.05, 3.63) is 29.3 Å². The van der Waals surface area contributed by atoms with Crippen LogP contribution in [-0.2, 0) is 4.79 Å². The molecule has 1 aromatic carbocycles. The highest BCUT2D eigenvalue weighted by Gasteiger charge is 2.34. The monoisotopic (exact) mass is 331 g/mol. The van der Waals surface area contributed by atoms with Gasteiger partial charge >= 0.3 is 0 Å². The Morgan fingerprint density at radius 3 is 2.24 bits per heavy atom. The summed E-state index contributed by atoms with van der Waals surface area (Å²) in [7, 11) is 0. The molecule has 0 aromatic heterocycles. The third-order valence-corrected chi connectivity index (χ3v) is 4.25. The van der Waals surface area contributed by atoms with Crippen molar-refractivity contribution in [1.82, 2.24) is 5.32 Å². The number of halogens is 4. The van der Waals surface area contributed by atoms with Crippen molar-refractivity contribution in [3.8, 4) is 0 Å². The van der Waals surface area contributed by atoms with Crippen LogP contribution in [0.5, 0.6) is 0 Å². The number of benzene rings is 1. The molecule has 7 heteroatoms. The summed E-state index contributed by atoms with van der Waals surface area (Å²) in [4.78, 5) is 11.9. The van der Waals surface area contributed by atoms with Crippen LogP contribution in [0.25, 0.3) is 0 Å². The van der Waals surface area contributed by atoms with Crippen LogP contribution in [-0.4, -0.2) is 15.1 Å². The lowest BCUT2D eigenvalue weighted by Crippen LogP contribution is -2.40. The lowest BCUT2D eigenvalue weighted by molar-refractivity contribution is -0.119. The van der Waals surface area contributed by atoms with Crippen LogP contribution >= 0.6 is 58.2 Å². The first-order chi connectivity index (χ1) is 7.79. The molecule has 0 fully saturated rings. The standard InChI is InChI=1S/C10H9Cl4NOS/c1-6(16)15-9(10(12,13)14)17-8-4-2-7(11)3-5-8/h2-5,9H,1H3,(H,15,16). The van der Waals surface area contributed by atoms with Crippen LogP contribution in [0.15, 0.2) is 29.2 Å². The Hall–Kier alpha value is 0.200. The molecule has 94 valence electrons. The molecule has 0 aliphatic heterocycles. The SMILES string of the molecule is CC(=O)NC(Sc1ccc(Cl)cc1)C(Cl)(Cl)Cl. The van der Waals surface area contributed by atoms with Gasteiger partial charge in [0.05, 0.1) is 0 Å². The Morgan fingerprint density at radius 2 is 1.82 bits per heavy atom. The van der Waals surface area contributed by atoms with Gasteiger partial charge in [-0.2, -0.15) is 0 Å². The minimum Gasteiger partial charge on any atom is -0.340 e. The van der Waals surface area contributed by atoms with E-state index in [0.29, 0.717) is 5.02 Å². The van der Waals surface area contributed by atoms with E-state index < -0.39 is 9.17 Å². The van der Waals surface area contributed by atoms with E-state index in [1.807, 2.05) is 0 Å². The normalized spacial score (nSPS) is 13.2. The number of alkyl halides is 3. The summed E-state index contributed by atoms with van der Waals surface area (Å²) in [5.74, 6) is -0.261. The summed E-state index contributed by atoms with van der Waals surface area (Å²) < 4.78 is -1.59. The molecule has 0 saturated heterocycles. The second-order valence-electron chi connectivity index (χ2n) is 3.19. The van der Waals surface area contributed by atoms with Crippen molar-refractivity contribution in [1.29, 1.82) is 0 Å². The highest BCUT2D eigenvalue weighted by molar-refractivity contribution is 8.00. The summed E-state index contributed by atoms with van der Waals surface area (Å²) >= 11 is 24.4. The fraction of sp³-hybridized carbons (Fsp3) is 0.300. The van der Waals surface area contributed by atoms with Crippen LogP contribution in [0.2, 0.25) is 5.02 Å². The van der Waals surface area contributed by atoms with Gasteiger partial charge in [-0.15, -0.1) is 0 Å². The minimum absolute atomic E-state index is 0.261. The van der Waals surface area contributed by atoms with Crippen molar-refractivity contribution in [2.75, 3.05) is 0 Å². The molecule has 0 heterocycles. The van der Waals surface area contributed by atoms with Crippen LogP contribution in [0.3, 0.4) is 0 Å². The van der Waals surface area contributed by atoms with Gasteiger partial charge in [-0.3, -0.25) is 4.79 Å². The van der Waals surface area contributed by atoms with E-state index in [2.05, 4.69) is 5.32 Å². The Labute approximate surface area is 124 Å². The fourth-order valence-corrected chi connectivity index (χ4v) is 2.63. The maximum Gasteiger partial charge on any atom is 0.220 e. The molecule has 1 N–H and O–H groups in total. The molecule has 1 unspecified atom stereocenters. The second kappa shape index (κ2) is 6.39. The van der Waals surface area contributed by atoms with Crippen LogP contribution in [0.4, 0.5) is 0 Å². The lowest BCUT2D eigenvalue weighted by Gasteiger charge is -2.24. The molecule has 0 aliphatic rings. The second-order valence-corrected chi connectivity index (χ2v) is 7.18. The predicted molar refractivity (Wildman–Crippen MR) is 75.2 cm³/mol. The smallest absolute Gasteiger partial charge is 0.220 e. The first-order valence-electron chi connectivity index (χ1n) is 4.55. The molecule has 17 heavy (non-hydrogen) atoms. The van der Waals surface area contributed by atoms with E-state index in [1.54, 1.807) is 24.3 Å². The van der Waals surface area contributed by atoms with Gasteiger partial charge in [-0.1, -0.05) is 58.2 Å². The number of amides is 1. The average molecular weight is 333 g/mol. The average Bonchev–Trinajstić information content (AvgIpc) is 2.18. The molecular weight excluding hydrogens is 324 g/mol. The summed E-state index contributed by atoms with van der Waals surface area (Å²) in [5, 5.41) is 2.54. The zero-order valence-corrected chi connectivity index (χ0v) is 12.6. The van der Waals surface area contributed by atoms with E-state index >= 15 is 0 Å². The topological polar surface area (TPSA) is 29.1 Å². The zero-order valence-electron chi connectivity index (χ0n) is 8.72. The number of hydrogen-bond donors (Lipinski definition) is 1. The van der Waals surface area contributed by atoms with Crippen molar-refractivity contribution in [3.63, 3.8) is 0 Å². The minimum atomic E-state index is -1.59. The molecule has 0 aliphatic carbocycles. The number of hydrogen-bond acceptors (Lipinski definition) is 2. The Balaban J connectivity index is 2.79. The van der Waals surface area contributed by atoms with Gasteiger partial charge in [-0.05, 0) is 24.3 Å². The predicted octanol–water partition coefficient (Wildman–Crippen LogP) is 4.26. The van der Waals surface area contributed by atoms with Crippen molar-refractivity contribution in [2.45, 2.75) is 21.0 Å². The maximum atomic E-state index is 11.0. The van der Waals surface area contributed by atoms with Gasteiger partial charge in [0.15, 0.2) is 0 Å². The number of carbonyl (C=O) groups is 1. The van der Waals surface area contributed by atoms with E-state index in [-0.39, 0.29) is 5.91 Å². The third kappa shape index (κ3) is 5.58. The summed E-state index contributed by atoms with van der Waals surface area (Å²) in [6.45, 7) is 1.37. The molecule has 1 rings (SSSR count). The summed E-state index contributed by atoms with van der Waals surface area (Å²) in [6.07, 6.45) is 0. The van der Waals surface area contributed by atoms with Crippen molar-refractivity contribution in [2.24, 2.45) is 0 Å². The van der Waals surface area contributed by atoms with E-state index in [1.165, 1.54) is 18.7 Å². The van der Waals surface area contributed by atoms with Crippen molar-refractivity contribution < 1.29 is 4.79 Å². The van der Waals surface area contributed by atoms with Crippen molar-refractivity contribution >= 4 is 64.1 Å². The molecule has 1 aromatic rings. The van der Waals surface area contributed by atoms with Gasteiger partial charge < -0.3 is 5.32 Å². The Bertz CT molecular complexity index is 390. The van der Waals surface area contributed by atoms with Gasteiger partial charge in [0.1, 0.15) is 5.37 Å². The van der Waals surface area contributed by atoms with Gasteiger partial charge in [-0.25, -0.2) is 0 Å². The molecule has 2 nitrogen and oxygen atoms in total. The largest absolute Gasteiger partial charge is 0.340 e. The fourth-order valence-electron chi connectivity index (χ4n) is 1.01. The molecule has 1 amide bonds. The Morgan fingerprint density at radius 1 is 1.29 bits per heavy atom. The third-order valence-electron chi connectivity index (χ3n) is 1.70. The van der Waals surface area contributed by atoms with Crippen LogP contribution in [0.1, 0.15) is 6.92 Å². The van der Waals surface area contributed by atoms with Gasteiger partial charge in [0, 0.05) is 16.8 Å². The van der Waals surface area contributed by atoms with Crippen LogP contribution in [0, 0.1) is 0 Å². The zero-order chi connectivity index (χ0) is 13.1. The number of carbonyl (C=O) groups excluding carboxylic acids is 1. The molecular formula is C10H9Cl4NOS.